The molecule has 14 heavy (non-hydrogen) atoms. The van der Waals surface area contributed by atoms with Crippen LogP contribution in [0.3, 0.4) is 0 Å². The number of rotatable bonds is 5. The van der Waals surface area contributed by atoms with Crippen molar-refractivity contribution in [3.05, 3.63) is 0 Å². The zero-order chi connectivity index (χ0) is 10.6. The zero-order valence-corrected chi connectivity index (χ0v) is 8.44. The van der Waals surface area contributed by atoms with Crippen LogP contribution in [0.25, 0.3) is 0 Å². The Labute approximate surface area is 83.7 Å². The summed E-state index contributed by atoms with van der Waals surface area (Å²) >= 11 is 0. The SMILES string of the molecule is CC1OCCC1(O)CNC[C@H](O)CO. The zero-order valence-electron chi connectivity index (χ0n) is 8.44. The minimum Gasteiger partial charge on any atom is -0.394 e. The number of hydrogen-bond donors (Lipinski definition) is 4. The molecule has 0 bridgehead atoms. The van der Waals surface area contributed by atoms with Gasteiger partial charge in [-0.3, -0.25) is 0 Å². The summed E-state index contributed by atoms with van der Waals surface area (Å²) in [7, 11) is 0. The molecular formula is C9H19NO4. The first kappa shape index (κ1) is 11.9. The van der Waals surface area contributed by atoms with Crippen molar-refractivity contribution in [2.24, 2.45) is 0 Å². The van der Waals surface area contributed by atoms with Gasteiger partial charge in [0.1, 0.15) is 5.60 Å². The second kappa shape index (κ2) is 5.04. The first-order valence-electron chi connectivity index (χ1n) is 4.92. The molecule has 4 N–H and O–H groups in total. The lowest BCUT2D eigenvalue weighted by Crippen LogP contribution is -2.47. The molecule has 0 aromatic rings. The van der Waals surface area contributed by atoms with Crippen molar-refractivity contribution >= 4 is 0 Å². The summed E-state index contributed by atoms with van der Waals surface area (Å²) in [4.78, 5) is 0. The van der Waals surface area contributed by atoms with Crippen molar-refractivity contribution in [3.8, 4) is 0 Å². The molecule has 1 saturated heterocycles. The third-order valence-corrected chi connectivity index (χ3v) is 2.68. The van der Waals surface area contributed by atoms with Crippen molar-refractivity contribution in [2.75, 3.05) is 26.3 Å². The van der Waals surface area contributed by atoms with Gasteiger partial charge in [-0.05, 0) is 6.92 Å². The molecule has 84 valence electrons. The minimum atomic E-state index is -0.838. The summed E-state index contributed by atoms with van der Waals surface area (Å²) in [6.07, 6.45) is -0.339. The maximum atomic E-state index is 10.0. The quantitative estimate of drug-likeness (QED) is 0.438. The third kappa shape index (κ3) is 2.90. The van der Waals surface area contributed by atoms with E-state index in [9.17, 15) is 5.11 Å². The predicted octanol–water partition coefficient (Wildman–Crippen LogP) is -1.53. The molecule has 3 atom stereocenters. The molecule has 1 aliphatic heterocycles. The highest BCUT2D eigenvalue weighted by Gasteiger charge is 2.38. The van der Waals surface area contributed by atoms with Crippen LogP contribution >= 0.6 is 0 Å². The minimum absolute atomic E-state index is 0.179. The standard InChI is InChI=1S/C9H19NO4/c1-7-9(13,2-3-14-7)6-10-4-8(12)5-11/h7-8,10-13H,2-6H2,1H3/t7?,8-,9?/m0/s1. The summed E-state index contributed by atoms with van der Waals surface area (Å²) < 4.78 is 5.25. The van der Waals surface area contributed by atoms with Gasteiger partial charge in [-0.15, -0.1) is 0 Å². The molecule has 1 fully saturated rings. The van der Waals surface area contributed by atoms with Crippen molar-refractivity contribution in [3.63, 3.8) is 0 Å². The average Bonchev–Trinajstić information content (AvgIpc) is 2.47. The van der Waals surface area contributed by atoms with Gasteiger partial charge < -0.3 is 25.4 Å². The van der Waals surface area contributed by atoms with E-state index in [4.69, 9.17) is 14.9 Å². The smallest absolute Gasteiger partial charge is 0.105 e. The van der Waals surface area contributed by atoms with Crippen molar-refractivity contribution in [1.29, 1.82) is 0 Å². The summed E-state index contributed by atoms with van der Waals surface area (Å²) in [6.45, 7) is 2.80. The molecule has 0 aromatic carbocycles. The van der Waals surface area contributed by atoms with E-state index >= 15 is 0 Å². The predicted molar refractivity (Wildman–Crippen MR) is 50.9 cm³/mol. The first-order valence-corrected chi connectivity index (χ1v) is 4.92. The Morgan fingerprint density at radius 1 is 1.64 bits per heavy atom. The summed E-state index contributed by atoms with van der Waals surface area (Å²) in [5.74, 6) is 0. The van der Waals surface area contributed by atoms with Crippen molar-refractivity contribution in [2.45, 2.75) is 31.2 Å². The van der Waals surface area contributed by atoms with Crippen molar-refractivity contribution < 1.29 is 20.1 Å². The molecule has 1 heterocycles. The van der Waals surface area contributed by atoms with Gasteiger partial charge in [0.25, 0.3) is 0 Å². The van der Waals surface area contributed by atoms with Crippen LogP contribution in [-0.2, 0) is 4.74 Å². The highest BCUT2D eigenvalue weighted by atomic mass is 16.5. The fourth-order valence-electron chi connectivity index (χ4n) is 1.52. The molecule has 0 aliphatic carbocycles. The average molecular weight is 205 g/mol. The molecule has 0 saturated carbocycles. The molecule has 2 unspecified atom stereocenters. The van der Waals surface area contributed by atoms with E-state index in [-0.39, 0.29) is 19.3 Å². The number of ether oxygens (including phenoxy) is 1. The molecule has 0 aromatic heterocycles. The fourth-order valence-corrected chi connectivity index (χ4v) is 1.52. The Morgan fingerprint density at radius 2 is 2.36 bits per heavy atom. The molecule has 5 heteroatoms. The van der Waals surface area contributed by atoms with Gasteiger partial charge in [0, 0.05) is 26.1 Å². The Kier molecular flexibility index (Phi) is 4.28. The lowest BCUT2D eigenvalue weighted by molar-refractivity contribution is -0.0281. The van der Waals surface area contributed by atoms with Crippen molar-refractivity contribution in [1.82, 2.24) is 5.32 Å². The van der Waals surface area contributed by atoms with Gasteiger partial charge >= 0.3 is 0 Å². The van der Waals surface area contributed by atoms with E-state index in [1.165, 1.54) is 0 Å². The van der Waals surface area contributed by atoms with Gasteiger partial charge in [0.05, 0.1) is 18.8 Å². The largest absolute Gasteiger partial charge is 0.394 e. The lowest BCUT2D eigenvalue weighted by Gasteiger charge is -2.26. The number of nitrogens with one attached hydrogen (secondary N) is 1. The van der Waals surface area contributed by atoms with Crippen LogP contribution in [0.2, 0.25) is 0 Å². The second-order valence-electron chi connectivity index (χ2n) is 3.83. The third-order valence-electron chi connectivity index (χ3n) is 2.68. The maximum absolute atomic E-state index is 10.0. The van der Waals surface area contributed by atoms with E-state index in [2.05, 4.69) is 5.32 Å². The molecule has 1 aliphatic rings. The van der Waals surface area contributed by atoms with Crippen LogP contribution in [0.4, 0.5) is 0 Å². The topological polar surface area (TPSA) is 82.0 Å². The number of aliphatic hydroxyl groups is 3. The molecule has 1 rings (SSSR count). The molecule has 0 amide bonds. The Morgan fingerprint density at radius 3 is 2.86 bits per heavy atom. The lowest BCUT2D eigenvalue weighted by atomic mass is 9.97. The van der Waals surface area contributed by atoms with E-state index in [1.807, 2.05) is 6.92 Å². The van der Waals surface area contributed by atoms with Crippen LogP contribution in [0.5, 0.6) is 0 Å². The summed E-state index contributed by atoms with van der Waals surface area (Å²) in [5.41, 5.74) is -0.838. The van der Waals surface area contributed by atoms with E-state index in [0.717, 1.165) is 0 Å². The summed E-state index contributed by atoms with van der Waals surface area (Å²) in [5, 5.41) is 30.5. The second-order valence-corrected chi connectivity index (χ2v) is 3.83. The Bertz CT molecular complexity index is 178. The highest BCUT2D eigenvalue weighted by Crippen LogP contribution is 2.24. The Balaban J connectivity index is 2.23. The van der Waals surface area contributed by atoms with E-state index < -0.39 is 11.7 Å². The number of aliphatic hydroxyl groups excluding tert-OH is 2. The monoisotopic (exact) mass is 205 g/mol. The van der Waals surface area contributed by atoms with Gasteiger partial charge in [-0.25, -0.2) is 0 Å². The normalized spacial score (nSPS) is 34.7. The summed E-state index contributed by atoms with van der Waals surface area (Å²) in [6, 6.07) is 0. The van der Waals surface area contributed by atoms with E-state index in [0.29, 0.717) is 19.6 Å². The van der Waals surface area contributed by atoms with Crippen LogP contribution in [0.1, 0.15) is 13.3 Å². The molecule has 0 radical (unpaired) electrons. The van der Waals surface area contributed by atoms with Gasteiger partial charge in [0.15, 0.2) is 0 Å². The maximum Gasteiger partial charge on any atom is 0.105 e. The van der Waals surface area contributed by atoms with Gasteiger partial charge in [-0.1, -0.05) is 0 Å². The Hall–Kier alpha value is -0.200. The van der Waals surface area contributed by atoms with Gasteiger partial charge in [-0.2, -0.15) is 0 Å². The van der Waals surface area contributed by atoms with Crippen LogP contribution in [-0.4, -0.2) is 59.4 Å². The highest BCUT2D eigenvalue weighted by molar-refractivity contribution is 4.91. The number of hydrogen-bond acceptors (Lipinski definition) is 5. The van der Waals surface area contributed by atoms with Crippen LogP contribution < -0.4 is 5.32 Å². The fraction of sp³-hybridized carbons (Fsp3) is 1.00. The van der Waals surface area contributed by atoms with E-state index in [1.54, 1.807) is 0 Å². The molecule has 0 spiro atoms. The molecule has 5 nitrogen and oxygen atoms in total. The first-order chi connectivity index (χ1) is 6.58. The van der Waals surface area contributed by atoms with Crippen LogP contribution in [0.15, 0.2) is 0 Å². The van der Waals surface area contributed by atoms with Gasteiger partial charge in [0.2, 0.25) is 0 Å². The van der Waals surface area contributed by atoms with Crippen LogP contribution in [0, 0.1) is 0 Å². The molecular weight excluding hydrogens is 186 g/mol.